The molecular weight excluding hydrogens is 366 g/mol. The molecule has 4 nitrogen and oxygen atoms in total. The van der Waals surface area contributed by atoms with Crippen LogP contribution in [-0.4, -0.2) is 27.0 Å². The Morgan fingerprint density at radius 2 is 1.91 bits per heavy atom. The number of nitrogens with zero attached hydrogens (tertiary/aromatic N) is 1. The van der Waals surface area contributed by atoms with Crippen LogP contribution in [0.4, 0.5) is 18.9 Å². The molecule has 0 unspecified atom stereocenters. The van der Waals surface area contributed by atoms with Gasteiger partial charge in [-0.2, -0.15) is 0 Å². The third-order valence-electron chi connectivity index (χ3n) is 2.75. The Bertz CT molecular complexity index is 704. The van der Waals surface area contributed by atoms with Crippen LogP contribution in [0.15, 0.2) is 42.5 Å². The summed E-state index contributed by atoms with van der Waals surface area (Å²) in [6.45, 7) is 0. The maximum atomic E-state index is 12.7. The van der Waals surface area contributed by atoms with Crippen LogP contribution in [0.3, 0.4) is 0 Å². The van der Waals surface area contributed by atoms with Crippen molar-refractivity contribution in [1.29, 1.82) is 0 Å². The van der Waals surface area contributed by atoms with Crippen LogP contribution in [0, 0.1) is 10.1 Å². The van der Waals surface area contributed by atoms with E-state index in [0.717, 1.165) is 12.1 Å². The van der Waals surface area contributed by atoms with Crippen LogP contribution < -0.4 is 13.7 Å². The first-order valence-electron chi connectivity index (χ1n) is 5.99. The van der Waals surface area contributed by atoms with Gasteiger partial charge < -0.3 is 0 Å². The second-order valence-corrected chi connectivity index (χ2v) is 6.56. The van der Waals surface area contributed by atoms with Crippen molar-refractivity contribution in [1.82, 2.24) is 0 Å². The van der Waals surface area contributed by atoms with E-state index in [4.69, 9.17) is 4.74 Å². The van der Waals surface area contributed by atoms with Gasteiger partial charge in [-0.05, 0) is 0 Å². The number of ether oxygens (including phenoxy) is 1. The van der Waals surface area contributed by atoms with Gasteiger partial charge in [0.05, 0.1) is 0 Å². The minimum absolute atomic E-state index is 0.156. The summed E-state index contributed by atoms with van der Waals surface area (Å²) in [4.78, 5) is 10.5. The van der Waals surface area contributed by atoms with E-state index in [1.165, 1.54) is 31.4 Å². The predicted octanol–water partition coefficient (Wildman–Crippen LogP) is 2.28. The number of benzene rings is 2. The zero-order valence-electron chi connectivity index (χ0n) is 11.3. The molecule has 2 aromatic carbocycles. The van der Waals surface area contributed by atoms with Crippen molar-refractivity contribution >= 4 is 29.6 Å². The first-order chi connectivity index (χ1) is 10.3. The molecule has 0 aromatic heterocycles. The number of nitro groups is 1. The molecule has 0 saturated carbocycles. The van der Waals surface area contributed by atoms with Crippen molar-refractivity contribution < 1.29 is 22.8 Å². The van der Waals surface area contributed by atoms with Crippen molar-refractivity contribution in [3.8, 4) is 5.75 Å². The molecule has 0 fully saturated rings. The van der Waals surface area contributed by atoms with Crippen molar-refractivity contribution in [2.75, 3.05) is 7.11 Å². The number of halogens is 3. The third kappa shape index (κ3) is 3.78. The second kappa shape index (κ2) is 6.37. The summed E-state index contributed by atoms with van der Waals surface area (Å²) in [5.74, 6) is 0.329. The molecule has 22 heavy (non-hydrogen) atoms. The van der Waals surface area contributed by atoms with Crippen molar-refractivity contribution in [2.45, 2.75) is 6.18 Å². The van der Waals surface area contributed by atoms with Crippen LogP contribution in [0.1, 0.15) is 5.56 Å². The minimum atomic E-state index is -4.43. The van der Waals surface area contributed by atoms with Crippen LogP contribution in [0.5, 0.6) is 5.75 Å². The number of nitro benzene ring substituents is 1. The van der Waals surface area contributed by atoms with Gasteiger partial charge in [0.15, 0.2) is 0 Å². The van der Waals surface area contributed by atoms with E-state index in [-0.39, 0.29) is 5.69 Å². The molecule has 0 radical (unpaired) electrons. The molecule has 0 spiro atoms. The van der Waals surface area contributed by atoms with Crippen LogP contribution >= 0.6 is 0 Å². The Hall–Kier alpha value is -2.05. The topological polar surface area (TPSA) is 52.4 Å². The summed E-state index contributed by atoms with van der Waals surface area (Å²) in [7, 11) is 1.39. The van der Waals surface area contributed by atoms with Gasteiger partial charge in [-0.3, -0.25) is 0 Å². The Labute approximate surface area is 130 Å². The van der Waals surface area contributed by atoms with E-state index in [9.17, 15) is 23.3 Å². The summed E-state index contributed by atoms with van der Waals surface area (Å²) in [6, 6.07) is 9.16. The molecule has 0 aliphatic rings. The van der Waals surface area contributed by atoms with Gasteiger partial charge in [-0.1, -0.05) is 0 Å². The van der Waals surface area contributed by atoms with Crippen LogP contribution in [-0.2, 0) is 6.18 Å². The molecule has 0 bridgehead atoms. The molecule has 0 N–H and O–H groups in total. The summed E-state index contributed by atoms with van der Waals surface area (Å²) in [5, 5.41) is 11.1. The fraction of sp³-hybridized carbons (Fsp3) is 0.143. The summed E-state index contributed by atoms with van der Waals surface area (Å²) in [6.07, 6.45) is -4.43. The number of rotatable bonds is 4. The van der Waals surface area contributed by atoms with E-state index in [0.29, 0.717) is 14.7 Å². The first kappa shape index (κ1) is 16.3. The summed E-state index contributed by atoms with van der Waals surface area (Å²) < 4.78 is 43.8. The van der Waals surface area contributed by atoms with Gasteiger partial charge in [-0.25, -0.2) is 0 Å². The normalized spacial score (nSPS) is 11.3. The molecule has 2 aromatic rings. The molecule has 8 heteroatoms. The quantitative estimate of drug-likeness (QED) is 0.468. The maximum absolute atomic E-state index is 12.7. The zero-order valence-corrected chi connectivity index (χ0v) is 13.0. The summed E-state index contributed by atoms with van der Waals surface area (Å²) >= 11 is -0.615. The Kier molecular flexibility index (Phi) is 4.73. The molecule has 0 aliphatic carbocycles. The van der Waals surface area contributed by atoms with Gasteiger partial charge in [0.2, 0.25) is 0 Å². The van der Waals surface area contributed by atoms with Crippen molar-refractivity contribution in [3.63, 3.8) is 0 Å². The molecule has 116 valence electrons. The fourth-order valence-electron chi connectivity index (χ4n) is 1.72. The van der Waals surface area contributed by atoms with Crippen molar-refractivity contribution in [3.05, 3.63) is 58.1 Å². The Morgan fingerprint density at radius 1 is 1.18 bits per heavy atom. The van der Waals surface area contributed by atoms with Gasteiger partial charge >= 0.3 is 130 Å². The number of methoxy groups -OCH3 is 1. The fourth-order valence-corrected chi connectivity index (χ4v) is 3.73. The third-order valence-corrected chi connectivity index (χ3v) is 4.96. The second-order valence-electron chi connectivity index (χ2n) is 4.22. The standard InChI is InChI=1S/C14H10F3NO3Se/c1-21-10-5-6-13(12(8-10)18(19)20)22-11-4-2-3-9(7-11)14(15,16)17/h2-8H,1H3. The first-order valence-corrected chi connectivity index (χ1v) is 7.70. The van der Waals surface area contributed by atoms with Crippen LogP contribution in [0.2, 0.25) is 0 Å². The van der Waals surface area contributed by atoms with E-state index in [1.54, 1.807) is 6.07 Å². The number of hydrogen-bond donors (Lipinski definition) is 0. The molecule has 0 aliphatic heterocycles. The molecule has 0 saturated heterocycles. The zero-order chi connectivity index (χ0) is 16.3. The molecule has 0 atom stereocenters. The Balaban J connectivity index is 2.37. The van der Waals surface area contributed by atoms with Crippen molar-refractivity contribution in [2.24, 2.45) is 0 Å². The van der Waals surface area contributed by atoms with E-state index in [2.05, 4.69) is 0 Å². The monoisotopic (exact) mass is 377 g/mol. The molecular formula is C14H10F3NO3Se. The number of hydrogen-bond acceptors (Lipinski definition) is 3. The predicted molar refractivity (Wildman–Crippen MR) is 76.1 cm³/mol. The van der Waals surface area contributed by atoms with Crippen LogP contribution in [0.25, 0.3) is 0 Å². The van der Waals surface area contributed by atoms with Gasteiger partial charge in [0.25, 0.3) is 0 Å². The molecule has 0 heterocycles. The average Bonchev–Trinajstić information content (AvgIpc) is 2.47. The molecule has 2 rings (SSSR count). The average molecular weight is 376 g/mol. The van der Waals surface area contributed by atoms with Gasteiger partial charge in [-0.15, -0.1) is 0 Å². The van der Waals surface area contributed by atoms with E-state index in [1.807, 2.05) is 0 Å². The Morgan fingerprint density at radius 3 is 2.50 bits per heavy atom. The van der Waals surface area contributed by atoms with Gasteiger partial charge in [0.1, 0.15) is 0 Å². The SMILES string of the molecule is COc1ccc([Se]c2cccc(C(F)(F)F)c2)c([N+](=O)[O-])c1. The molecule has 0 amide bonds. The van der Waals surface area contributed by atoms with Gasteiger partial charge in [0, 0.05) is 0 Å². The number of alkyl halides is 3. The summed E-state index contributed by atoms with van der Waals surface area (Å²) in [5.41, 5.74) is -0.917. The van der Waals surface area contributed by atoms with E-state index < -0.39 is 31.6 Å². The van der Waals surface area contributed by atoms with E-state index >= 15 is 0 Å².